The van der Waals surface area contributed by atoms with Crippen LogP contribution in [0.2, 0.25) is 0 Å². The highest BCUT2D eigenvalue weighted by molar-refractivity contribution is 7.98. The van der Waals surface area contributed by atoms with Gasteiger partial charge in [0.25, 0.3) is 0 Å². The number of carbonyl (C=O) groups excluding carboxylic acids is 1. The molecule has 1 unspecified atom stereocenters. The van der Waals surface area contributed by atoms with Crippen LogP contribution in [-0.2, 0) is 16.0 Å². The summed E-state index contributed by atoms with van der Waals surface area (Å²) in [4.78, 5) is 22.7. The van der Waals surface area contributed by atoms with E-state index < -0.39 is 12.0 Å². The molecule has 0 aliphatic rings. The third kappa shape index (κ3) is 5.23. The van der Waals surface area contributed by atoms with Crippen LogP contribution in [0.1, 0.15) is 12.0 Å². The van der Waals surface area contributed by atoms with Crippen molar-refractivity contribution in [1.82, 2.24) is 5.32 Å². The van der Waals surface area contributed by atoms with E-state index in [1.165, 1.54) is 0 Å². The molecule has 98 valence electrons. The maximum absolute atomic E-state index is 11.7. The minimum Gasteiger partial charge on any atom is -0.480 e. The number of nitrogens with one attached hydrogen (secondary N) is 1. The topological polar surface area (TPSA) is 66.4 Å². The quantitative estimate of drug-likeness (QED) is 0.786. The zero-order valence-corrected chi connectivity index (χ0v) is 11.1. The van der Waals surface area contributed by atoms with E-state index >= 15 is 0 Å². The lowest BCUT2D eigenvalue weighted by Gasteiger charge is -2.13. The Morgan fingerprint density at radius 3 is 2.56 bits per heavy atom. The minimum atomic E-state index is -0.981. The van der Waals surface area contributed by atoms with Crippen LogP contribution in [0.4, 0.5) is 0 Å². The number of rotatable bonds is 7. The van der Waals surface area contributed by atoms with Gasteiger partial charge in [-0.25, -0.2) is 4.79 Å². The second-order valence-electron chi connectivity index (χ2n) is 3.90. The normalized spacial score (nSPS) is 11.8. The number of aliphatic carboxylic acids is 1. The fraction of sp³-hybridized carbons (Fsp3) is 0.385. The van der Waals surface area contributed by atoms with Gasteiger partial charge >= 0.3 is 5.97 Å². The highest BCUT2D eigenvalue weighted by Crippen LogP contribution is 2.03. The van der Waals surface area contributed by atoms with Gasteiger partial charge in [0.2, 0.25) is 5.91 Å². The fourth-order valence-corrected chi connectivity index (χ4v) is 1.99. The molecule has 1 aromatic carbocycles. The first-order valence-electron chi connectivity index (χ1n) is 5.68. The van der Waals surface area contributed by atoms with Crippen LogP contribution < -0.4 is 5.32 Å². The van der Waals surface area contributed by atoms with Crippen molar-refractivity contribution in [3.05, 3.63) is 35.9 Å². The van der Waals surface area contributed by atoms with Crippen LogP contribution in [0.5, 0.6) is 0 Å². The third-order valence-corrected chi connectivity index (χ3v) is 3.10. The molecule has 0 saturated heterocycles. The number of amides is 1. The first-order chi connectivity index (χ1) is 8.63. The number of hydrogen-bond acceptors (Lipinski definition) is 3. The summed E-state index contributed by atoms with van der Waals surface area (Å²) in [6.07, 6.45) is 2.56. The van der Waals surface area contributed by atoms with Crippen molar-refractivity contribution in [1.29, 1.82) is 0 Å². The van der Waals surface area contributed by atoms with Gasteiger partial charge in [0.05, 0.1) is 6.42 Å². The van der Waals surface area contributed by atoms with Crippen molar-refractivity contribution >= 4 is 23.6 Å². The van der Waals surface area contributed by atoms with Crippen LogP contribution in [0.25, 0.3) is 0 Å². The summed E-state index contributed by atoms with van der Waals surface area (Å²) >= 11 is 1.56. The maximum atomic E-state index is 11.7. The predicted octanol–water partition coefficient (Wildman–Crippen LogP) is 1.55. The van der Waals surface area contributed by atoms with Crippen LogP contribution in [0.3, 0.4) is 0 Å². The molecule has 5 heteroatoms. The Kier molecular flexibility index (Phi) is 6.28. The minimum absolute atomic E-state index is 0.212. The summed E-state index contributed by atoms with van der Waals surface area (Å²) in [7, 11) is 0. The lowest BCUT2D eigenvalue weighted by molar-refractivity contribution is -0.141. The molecule has 0 aliphatic heterocycles. The second-order valence-corrected chi connectivity index (χ2v) is 4.89. The summed E-state index contributed by atoms with van der Waals surface area (Å²) in [6, 6.07) is 8.47. The average molecular weight is 267 g/mol. The van der Waals surface area contributed by atoms with E-state index in [9.17, 15) is 9.59 Å². The standard InChI is InChI=1S/C13H17NO3S/c1-18-8-7-11(13(16)17)14-12(15)9-10-5-3-2-4-6-10/h2-6,11H,7-9H2,1H3,(H,14,15)(H,16,17). The van der Waals surface area contributed by atoms with Gasteiger partial charge < -0.3 is 10.4 Å². The molecule has 1 atom stereocenters. The summed E-state index contributed by atoms with van der Waals surface area (Å²) in [5.41, 5.74) is 0.879. The molecule has 0 spiro atoms. The third-order valence-electron chi connectivity index (χ3n) is 2.45. The van der Waals surface area contributed by atoms with Crippen molar-refractivity contribution in [2.45, 2.75) is 18.9 Å². The number of hydrogen-bond donors (Lipinski definition) is 2. The van der Waals surface area contributed by atoms with Crippen LogP contribution in [0.15, 0.2) is 30.3 Å². The summed E-state index contributed by atoms with van der Waals surface area (Å²) in [5.74, 6) is -0.525. The Bertz CT molecular complexity index is 394. The fourth-order valence-electron chi connectivity index (χ4n) is 1.52. The molecule has 2 N–H and O–H groups in total. The molecule has 1 amide bonds. The zero-order valence-electron chi connectivity index (χ0n) is 10.3. The molecule has 0 radical (unpaired) electrons. The number of carboxylic acid groups (broad SMARTS) is 1. The van der Waals surface area contributed by atoms with Crippen molar-refractivity contribution in [2.75, 3.05) is 12.0 Å². The molecule has 4 nitrogen and oxygen atoms in total. The first kappa shape index (κ1) is 14.6. The van der Waals surface area contributed by atoms with E-state index in [4.69, 9.17) is 5.11 Å². The van der Waals surface area contributed by atoms with Gasteiger partial charge in [-0.1, -0.05) is 30.3 Å². The Labute approximate surface area is 111 Å². The van der Waals surface area contributed by atoms with E-state index in [1.54, 1.807) is 11.8 Å². The van der Waals surface area contributed by atoms with Gasteiger partial charge in [0, 0.05) is 0 Å². The predicted molar refractivity (Wildman–Crippen MR) is 72.7 cm³/mol. The first-order valence-corrected chi connectivity index (χ1v) is 7.08. The molecule has 1 rings (SSSR count). The van der Waals surface area contributed by atoms with Crippen LogP contribution in [0, 0.1) is 0 Å². The number of thioether (sulfide) groups is 1. The second kappa shape index (κ2) is 7.76. The summed E-state index contributed by atoms with van der Waals surface area (Å²) in [6.45, 7) is 0. The van der Waals surface area contributed by atoms with Gasteiger partial charge in [-0.2, -0.15) is 11.8 Å². The number of carboxylic acids is 1. The lowest BCUT2D eigenvalue weighted by Crippen LogP contribution is -2.41. The Balaban J connectivity index is 2.48. The van der Waals surface area contributed by atoms with E-state index in [1.807, 2.05) is 36.6 Å². The monoisotopic (exact) mass is 267 g/mol. The van der Waals surface area contributed by atoms with Crippen LogP contribution >= 0.6 is 11.8 Å². The van der Waals surface area contributed by atoms with Crippen LogP contribution in [-0.4, -0.2) is 35.0 Å². The molecule has 0 aliphatic carbocycles. The van der Waals surface area contributed by atoms with E-state index in [2.05, 4.69) is 5.32 Å². The zero-order chi connectivity index (χ0) is 13.4. The molecule has 0 heterocycles. The van der Waals surface area contributed by atoms with Gasteiger partial charge in [-0.05, 0) is 24.0 Å². The highest BCUT2D eigenvalue weighted by atomic mass is 32.2. The highest BCUT2D eigenvalue weighted by Gasteiger charge is 2.19. The number of carbonyl (C=O) groups is 2. The molecule has 18 heavy (non-hydrogen) atoms. The Hall–Kier alpha value is -1.49. The van der Waals surface area contributed by atoms with Gasteiger partial charge in [-0.3, -0.25) is 4.79 Å². The van der Waals surface area contributed by atoms with Gasteiger partial charge in [0.1, 0.15) is 6.04 Å². The maximum Gasteiger partial charge on any atom is 0.326 e. The van der Waals surface area contributed by atoms with Crippen molar-refractivity contribution < 1.29 is 14.7 Å². The Morgan fingerprint density at radius 1 is 1.33 bits per heavy atom. The SMILES string of the molecule is CSCCC(NC(=O)Cc1ccccc1)C(=O)O. The van der Waals surface area contributed by atoms with Crippen molar-refractivity contribution in [2.24, 2.45) is 0 Å². The van der Waals surface area contributed by atoms with E-state index in [-0.39, 0.29) is 12.3 Å². The van der Waals surface area contributed by atoms with E-state index in [0.717, 1.165) is 5.56 Å². The van der Waals surface area contributed by atoms with Crippen molar-refractivity contribution in [3.8, 4) is 0 Å². The average Bonchev–Trinajstić information content (AvgIpc) is 2.35. The molecule has 0 bridgehead atoms. The van der Waals surface area contributed by atoms with Crippen molar-refractivity contribution in [3.63, 3.8) is 0 Å². The molecule has 0 saturated carbocycles. The lowest BCUT2D eigenvalue weighted by atomic mass is 10.1. The smallest absolute Gasteiger partial charge is 0.326 e. The molecule has 0 fully saturated rings. The van der Waals surface area contributed by atoms with E-state index in [0.29, 0.717) is 12.2 Å². The Morgan fingerprint density at radius 2 is 2.00 bits per heavy atom. The molecular formula is C13H17NO3S. The van der Waals surface area contributed by atoms with Gasteiger partial charge in [0.15, 0.2) is 0 Å². The summed E-state index contributed by atoms with van der Waals surface area (Å²) in [5, 5.41) is 11.5. The molecule has 0 aromatic heterocycles. The van der Waals surface area contributed by atoms with Gasteiger partial charge in [-0.15, -0.1) is 0 Å². The number of benzene rings is 1. The molecular weight excluding hydrogens is 250 g/mol. The summed E-state index contributed by atoms with van der Waals surface area (Å²) < 4.78 is 0. The largest absolute Gasteiger partial charge is 0.480 e. The molecule has 1 aromatic rings.